The SMILES string of the molecule is CN=C1N(C)C2CCCC(C)CC2N1C. The Morgan fingerprint density at radius 1 is 1.13 bits per heavy atom. The van der Waals surface area contributed by atoms with Crippen molar-refractivity contribution in [2.45, 2.75) is 44.7 Å². The molecule has 2 aliphatic rings. The van der Waals surface area contributed by atoms with E-state index < -0.39 is 0 Å². The van der Waals surface area contributed by atoms with E-state index in [0.29, 0.717) is 12.1 Å². The van der Waals surface area contributed by atoms with Crippen LogP contribution < -0.4 is 0 Å². The number of rotatable bonds is 0. The minimum Gasteiger partial charge on any atom is -0.341 e. The predicted octanol–water partition coefficient (Wildman–Crippen LogP) is 1.80. The van der Waals surface area contributed by atoms with Gasteiger partial charge in [-0.15, -0.1) is 0 Å². The second kappa shape index (κ2) is 4.03. The minimum absolute atomic E-state index is 0.686. The molecule has 0 aromatic heterocycles. The van der Waals surface area contributed by atoms with Gasteiger partial charge < -0.3 is 9.80 Å². The fraction of sp³-hybridized carbons (Fsp3) is 0.917. The molecule has 1 heterocycles. The summed E-state index contributed by atoms with van der Waals surface area (Å²) in [4.78, 5) is 9.16. The third-order valence-electron chi connectivity index (χ3n) is 4.11. The van der Waals surface area contributed by atoms with Crippen LogP contribution in [0, 0.1) is 5.92 Å². The molecule has 1 saturated heterocycles. The smallest absolute Gasteiger partial charge is 0.196 e. The Hall–Kier alpha value is -0.730. The first-order valence-corrected chi connectivity index (χ1v) is 6.07. The molecule has 0 aromatic carbocycles. The van der Waals surface area contributed by atoms with Crippen molar-refractivity contribution >= 4 is 5.96 Å². The van der Waals surface area contributed by atoms with Crippen LogP contribution in [-0.2, 0) is 0 Å². The van der Waals surface area contributed by atoms with Gasteiger partial charge in [0.05, 0.1) is 12.1 Å². The van der Waals surface area contributed by atoms with Crippen LogP contribution in [0.3, 0.4) is 0 Å². The minimum atomic E-state index is 0.686. The summed E-state index contributed by atoms with van der Waals surface area (Å²) in [5.41, 5.74) is 0. The Balaban J connectivity index is 2.22. The first kappa shape index (κ1) is 10.8. The molecule has 1 aliphatic carbocycles. The van der Waals surface area contributed by atoms with Crippen LogP contribution in [0.1, 0.15) is 32.6 Å². The molecule has 3 heteroatoms. The average Bonchev–Trinajstić information content (AvgIpc) is 2.39. The van der Waals surface area contributed by atoms with Gasteiger partial charge >= 0.3 is 0 Å². The summed E-state index contributed by atoms with van der Waals surface area (Å²) in [6.07, 6.45) is 5.42. The van der Waals surface area contributed by atoms with E-state index in [9.17, 15) is 0 Å². The summed E-state index contributed by atoms with van der Waals surface area (Å²) in [6.45, 7) is 2.39. The van der Waals surface area contributed by atoms with Crippen molar-refractivity contribution in [1.29, 1.82) is 0 Å². The molecule has 15 heavy (non-hydrogen) atoms. The van der Waals surface area contributed by atoms with E-state index in [-0.39, 0.29) is 0 Å². The topological polar surface area (TPSA) is 18.8 Å². The molecule has 1 aliphatic heterocycles. The molecule has 3 nitrogen and oxygen atoms in total. The van der Waals surface area contributed by atoms with Crippen molar-refractivity contribution < 1.29 is 0 Å². The Labute approximate surface area is 93.2 Å². The van der Waals surface area contributed by atoms with Crippen molar-refractivity contribution in [2.24, 2.45) is 10.9 Å². The third kappa shape index (κ3) is 1.72. The highest BCUT2D eigenvalue weighted by atomic mass is 15.4. The molecule has 3 unspecified atom stereocenters. The second-order valence-electron chi connectivity index (χ2n) is 5.15. The van der Waals surface area contributed by atoms with E-state index in [1.807, 2.05) is 7.05 Å². The van der Waals surface area contributed by atoms with Crippen molar-refractivity contribution in [1.82, 2.24) is 9.80 Å². The monoisotopic (exact) mass is 209 g/mol. The number of fused-ring (bicyclic) bond motifs is 1. The van der Waals surface area contributed by atoms with Crippen LogP contribution in [0.25, 0.3) is 0 Å². The van der Waals surface area contributed by atoms with Crippen LogP contribution in [0.2, 0.25) is 0 Å². The van der Waals surface area contributed by atoms with Gasteiger partial charge in [0.15, 0.2) is 5.96 Å². The lowest BCUT2D eigenvalue weighted by Crippen LogP contribution is -2.34. The normalized spacial score (nSPS) is 39.5. The zero-order valence-electron chi connectivity index (χ0n) is 10.4. The van der Waals surface area contributed by atoms with Crippen LogP contribution >= 0.6 is 0 Å². The number of guanidine groups is 1. The third-order valence-corrected chi connectivity index (χ3v) is 4.11. The lowest BCUT2D eigenvalue weighted by Gasteiger charge is -2.24. The maximum Gasteiger partial charge on any atom is 0.196 e. The van der Waals surface area contributed by atoms with Gasteiger partial charge in [0.25, 0.3) is 0 Å². The van der Waals surface area contributed by atoms with Gasteiger partial charge in [-0.05, 0) is 18.8 Å². The quantitative estimate of drug-likeness (QED) is 0.606. The zero-order chi connectivity index (χ0) is 11.0. The molecule has 3 atom stereocenters. The molecule has 0 radical (unpaired) electrons. The van der Waals surface area contributed by atoms with Gasteiger partial charge in [-0.1, -0.05) is 19.8 Å². The molecular formula is C12H23N3. The number of nitrogens with zero attached hydrogens (tertiary/aromatic N) is 3. The van der Waals surface area contributed by atoms with E-state index in [2.05, 4.69) is 35.8 Å². The molecular weight excluding hydrogens is 186 g/mol. The number of hydrogen-bond donors (Lipinski definition) is 0. The van der Waals surface area contributed by atoms with Crippen molar-refractivity contribution in [3.8, 4) is 0 Å². The summed E-state index contributed by atoms with van der Waals surface area (Å²) >= 11 is 0. The Kier molecular flexibility index (Phi) is 2.89. The highest BCUT2D eigenvalue weighted by Gasteiger charge is 2.41. The lowest BCUT2D eigenvalue weighted by molar-refractivity contribution is 0.276. The summed E-state index contributed by atoms with van der Waals surface area (Å²) in [6, 6.07) is 1.38. The summed E-state index contributed by atoms with van der Waals surface area (Å²) in [5, 5.41) is 0. The molecule has 2 rings (SSSR count). The van der Waals surface area contributed by atoms with Crippen LogP contribution in [0.5, 0.6) is 0 Å². The molecule has 86 valence electrons. The number of aliphatic imine (C=N–C) groups is 1. The lowest BCUT2D eigenvalue weighted by atomic mass is 9.98. The van der Waals surface area contributed by atoms with Gasteiger partial charge in [0.2, 0.25) is 0 Å². The molecule has 0 amide bonds. The van der Waals surface area contributed by atoms with E-state index in [1.165, 1.54) is 31.6 Å². The first-order valence-electron chi connectivity index (χ1n) is 6.07. The van der Waals surface area contributed by atoms with E-state index in [0.717, 1.165) is 5.92 Å². The van der Waals surface area contributed by atoms with Gasteiger partial charge in [-0.2, -0.15) is 0 Å². The van der Waals surface area contributed by atoms with Crippen LogP contribution in [-0.4, -0.2) is 49.0 Å². The van der Waals surface area contributed by atoms with E-state index in [1.54, 1.807) is 0 Å². The molecule has 0 N–H and O–H groups in total. The summed E-state index contributed by atoms with van der Waals surface area (Å²) in [5.74, 6) is 2.03. The standard InChI is InChI=1S/C12H23N3/c1-9-6-5-7-10-11(8-9)15(4)12(13-2)14(10)3/h9-11H,5-8H2,1-4H3. The summed E-state index contributed by atoms with van der Waals surface area (Å²) < 4.78 is 0. The van der Waals surface area contributed by atoms with Gasteiger partial charge in [-0.3, -0.25) is 4.99 Å². The Morgan fingerprint density at radius 3 is 2.47 bits per heavy atom. The van der Waals surface area contributed by atoms with Crippen LogP contribution in [0.4, 0.5) is 0 Å². The molecule has 0 spiro atoms. The predicted molar refractivity (Wildman–Crippen MR) is 64.1 cm³/mol. The maximum absolute atomic E-state index is 4.40. The summed E-state index contributed by atoms with van der Waals surface area (Å²) in [7, 11) is 6.29. The first-order chi connectivity index (χ1) is 7.15. The number of likely N-dealkylation sites (N-methyl/N-ethyl adjacent to an activating group) is 2. The maximum atomic E-state index is 4.40. The highest BCUT2D eigenvalue weighted by Crippen LogP contribution is 2.33. The highest BCUT2D eigenvalue weighted by molar-refractivity contribution is 5.82. The fourth-order valence-electron chi connectivity index (χ4n) is 3.28. The zero-order valence-corrected chi connectivity index (χ0v) is 10.4. The van der Waals surface area contributed by atoms with Gasteiger partial charge in [0.1, 0.15) is 0 Å². The fourth-order valence-corrected chi connectivity index (χ4v) is 3.28. The Morgan fingerprint density at radius 2 is 1.80 bits per heavy atom. The molecule has 2 fully saturated rings. The van der Waals surface area contributed by atoms with E-state index >= 15 is 0 Å². The van der Waals surface area contributed by atoms with Crippen LogP contribution in [0.15, 0.2) is 4.99 Å². The molecule has 1 saturated carbocycles. The van der Waals surface area contributed by atoms with Gasteiger partial charge in [0, 0.05) is 21.1 Å². The number of hydrogen-bond acceptors (Lipinski definition) is 1. The van der Waals surface area contributed by atoms with E-state index in [4.69, 9.17) is 0 Å². The Bertz CT molecular complexity index is 262. The van der Waals surface area contributed by atoms with Crippen molar-refractivity contribution in [3.05, 3.63) is 0 Å². The average molecular weight is 209 g/mol. The molecule has 0 bridgehead atoms. The molecule has 0 aromatic rings. The largest absolute Gasteiger partial charge is 0.341 e. The van der Waals surface area contributed by atoms with Crippen molar-refractivity contribution in [2.75, 3.05) is 21.1 Å². The van der Waals surface area contributed by atoms with Crippen molar-refractivity contribution in [3.63, 3.8) is 0 Å². The second-order valence-corrected chi connectivity index (χ2v) is 5.15. The van der Waals surface area contributed by atoms with Gasteiger partial charge in [-0.25, -0.2) is 0 Å².